The molecular formula is C7H3F3N4O. The molecule has 0 spiro atoms. The minimum absolute atomic E-state index is 0.126. The fraction of sp³-hybridized carbons (Fsp3) is 0.143. The highest BCUT2D eigenvalue weighted by Gasteiger charge is 2.37. The second kappa shape index (κ2) is 3.01. The normalized spacial score (nSPS) is 11.9. The van der Waals surface area contributed by atoms with E-state index in [1.54, 1.807) is 0 Å². The lowest BCUT2D eigenvalue weighted by molar-refractivity contribution is -0.140. The van der Waals surface area contributed by atoms with Crippen LogP contribution >= 0.6 is 0 Å². The van der Waals surface area contributed by atoms with E-state index in [1.807, 2.05) is 0 Å². The quantitative estimate of drug-likeness (QED) is 0.666. The summed E-state index contributed by atoms with van der Waals surface area (Å²) >= 11 is 0. The monoisotopic (exact) mass is 216 g/mol. The van der Waals surface area contributed by atoms with Gasteiger partial charge in [-0.3, -0.25) is 4.79 Å². The van der Waals surface area contributed by atoms with Gasteiger partial charge in [0.25, 0.3) is 0 Å². The van der Waals surface area contributed by atoms with E-state index < -0.39 is 17.5 Å². The molecule has 0 aliphatic rings. The van der Waals surface area contributed by atoms with E-state index in [0.29, 0.717) is 6.29 Å². The second-order valence-electron chi connectivity index (χ2n) is 2.71. The molecule has 15 heavy (non-hydrogen) atoms. The summed E-state index contributed by atoms with van der Waals surface area (Å²) in [6, 6.07) is 0. The van der Waals surface area contributed by atoms with Crippen molar-refractivity contribution in [2.45, 2.75) is 6.18 Å². The Morgan fingerprint density at radius 1 is 1.40 bits per heavy atom. The van der Waals surface area contributed by atoms with Gasteiger partial charge in [-0.05, 0) is 0 Å². The van der Waals surface area contributed by atoms with Crippen LogP contribution in [0, 0.1) is 0 Å². The van der Waals surface area contributed by atoms with Crippen LogP contribution in [0.2, 0.25) is 0 Å². The van der Waals surface area contributed by atoms with Crippen LogP contribution in [-0.2, 0) is 6.18 Å². The molecule has 0 radical (unpaired) electrons. The standard InChI is InChI=1S/C7H3F3N4O/c8-7(9,10)5-6-11-1-4(3-15)2-14(6)13-12-5/h1-3H. The lowest BCUT2D eigenvalue weighted by atomic mass is 10.3. The molecule has 0 bridgehead atoms. The predicted molar refractivity (Wildman–Crippen MR) is 41.2 cm³/mol. The average Bonchev–Trinajstić information content (AvgIpc) is 2.59. The van der Waals surface area contributed by atoms with E-state index in [2.05, 4.69) is 15.3 Å². The van der Waals surface area contributed by atoms with Crippen LogP contribution in [0.15, 0.2) is 12.4 Å². The van der Waals surface area contributed by atoms with Gasteiger partial charge in [-0.15, -0.1) is 5.10 Å². The molecule has 0 N–H and O–H groups in total. The Kier molecular flexibility index (Phi) is 1.92. The zero-order chi connectivity index (χ0) is 11.1. The van der Waals surface area contributed by atoms with Crippen LogP contribution < -0.4 is 0 Å². The van der Waals surface area contributed by atoms with Crippen LogP contribution in [-0.4, -0.2) is 26.1 Å². The van der Waals surface area contributed by atoms with Gasteiger partial charge in [0, 0.05) is 12.4 Å². The zero-order valence-corrected chi connectivity index (χ0v) is 7.06. The molecular weight excluding hydrogens is 213 g/mol. The predicted octanol–water partition coefficient (Wildman–Crippen LogP) is 0.956. The maximum absolute atomic E-state index is 12.3. The van der Waals surface area contributed by atoms with E-state index in [1.165, 1.54) is 0 Å². The third-order valence-electron chi connectivity index (χ3n) is 1.68. The van der Waals surface area contributed by atoms with Crippen LogP contribution in [0.3, 0.4) is 0 Å². The number of hydrogen-bond acceptors (Lipinski definition) is 4. The highest BCUT2D eigenvalue weighted by Crippen LogP contribution is 2.29. The second-order valence-corrected chi connectivity index (χ2v) is 2.71. The van der Waals surface area contributed by atoms with Gasteiger partial charge in [-0.1, -0.05) is 5.21 Å². The molecule has 0 saturated carbocycles. The summed E-state index contributed by atoms with van der Waals surface area (Å²) in [5.41, 5.74) is -1.46. The number of carbonyl (C=O) groups is 1. The number of nitrogens with zero attached hydrogens (tertiary/aromatic N) is 4. The van der Waals surface area contributed by atoms with Crippen molar-refractivity contribution >= 4 is 11.9 Å². The SMILES string of the molecule is O=Cc1cnc2c(C(F)(F)F)nnn2c1. The van der Waals surface area contributed by atoms with Gasteiger partial charge in [0.05, 0.1) is 5.56 Å². The number of aromatic nitrogens is 4. The van der Waals surface area contributed by atoms with Crippen molar-refractivity contribution in [1.29, 1.82) is 0 Å². The Bertz CT molecular complexity index is 518. The molecule has 5 nitrogen and oxygen atoms in total. The molecule has 0 unspecified atom stereocenters. The molecule has 2 heterocycles. The maximum Gasteiger partial charge on any atom is 0.439 e. The summed E-state index contributed by atoms with van der Waals surface area (Å²) in [6.45, 7) is 0. The first kappa shape index (κ1) is 9.56. The summed E-state index contributed by atoms with van der Waals surface area (Å²) in [7, 11) is 0. The van der Waals surface area contributed by atoms with E-state index in [4.69, 9.17) is 0 Å². The van der Waals surface area contributed by atoms with E-state index in [-0.39, 0.29) is 5.56 Å². The van der Waals surface area contributed by atoms with Gasteiger partial charge < -0.3 is 0 Å². The van der Waals surface area contributed by atoms with Crippen molar-refractivity contribution in [3.05, 3.63) is 23.7 Å². The number of carbonyl (C=O) groups excluding carboxylic acids is 1. The zero-order valence-electron chi connectivity index (χ0n) is 7.06. The smallest absolute Gasteiger partial charge is 0.298 e. The summed E-state index contributed by atoms with van der Waals surface area (Å²) < 4.78 is 37.7. The molecule has 0 aliphatic heterocycles. The number of hydrogen-bond donors (Lipinski definition) is 0. The molecule has 0 amide bonds. The van der Waals surface area contributed by atoms with Gasteiger partial charge in [0.15, 0.2) is 11.9 Å². The molecule has 2 rings (SSSR count). The number of halogens is 3. The summed E-state index contributed by atoms with van der Waals surface area (Å²) in [5.74, 6) is 0. The molecule has 2 aromatic rings. The molecule has 0 aliphatic carbocycles. The Morgan fingerprint density at radius 3 is 2.73 bits per heavy atom. The van der Waals surface area contributed by atoms with Gasteiger partial charge in [0.2, 0.25) is 5.69 Å². The lowest BCUT2D eigenvalue weighted by Gasteiger charge is -2.00. The lowest BCUT2D eigenvalue weighted by Crippen LogP contribution is -2.07. The van der Waals surface area contributed by atoms with Gasteiger partial charge in [0.1, 0.15) is 0 Å². The van der Waals surface area contributed by atoms with E-state index >= 15 is 0 Å². The van der Waals surface area contributed by atoms with Crippen LogP contribution in [0.4, 0.5) is 13.2 Å². The fourth-order valence-corrected chi connectivity index (χ4v) is 1.05. The Hall–Kier alpha value is -1.99. The van der Waals surface area contributed by atoms with Crippen molar-refractivity contribution in [2.24, 2.45) is 0 Å². The summed E-state index contributed by atoms with van der Waals surface area (Å²) in [5, 5.41) is 6.17. The van der Waals surface area contributed by atoms with E-state index in [9.17, 15) is 18.0 Å². The fourth-order valence-electron chi connectivity index (χ4n) is 1.05. The molecule has 0 atom stereocenters. The third-order valence-corrected chi connectivity index (χ3v) is 1.68. The molecule has 0 fully saturated rings. The highest BCUT2D eigenvalue weighted by molar-refractivity contribution is 5.74. The van der Waals surface area contributed by atoms with Crippen molar-refractivity contribution in [3.8, 4) is 0 Å². The first-order valence-electron chi connectivity index (χ1n) is 3.76. The maximum atomic E-state index is 12.3. The highest BCUT2D eigenvalue weighted by atomic mass is 19.4. The number of alkyl halides is 3. The minimum atomic E-state index is -4.60. The van der Waals surface area contributed by atoms with Crippen molar-refractivity contribution < 1.29 is 18.0 Å². The first-order valence-corrected chi connectivity index (χ1v) is 3.76. The molecule has 0 aromatic carbocycles. The van der Waals surface area contributed by atoms with Crippen LogP contribution in [0.25, 0.3) is 5.65 Å². The van der Waals surface area contributed by atoms with Crippen LogP contribution in [0.1, 0.15) is 16.1 Å². The van der Waals surface area contributed by atoms with E-state index in [0.717, 1.165) is 16.9 Å². The largest absolute Gasteiger partial charge is 0.439 e. The molecule has 8 heteroatoms. The number of fused-ring (bicyclic) bond motifs is 1. The first-order chi connectivity index (χ1) is 7.02. The number of aldehydes is 1. The van der Waals surface area contributed by atoms with Gasteiger partial charge in [-0.25, -0.2) is 9.50 Å². The Balaban J connectivity index is 2.67. The summed E-state index contributed by atoms with van der Waals surface area (Å²) in [6.07, 6.45) is -1.99. The number of rotatable bonds is 1. The Labute approximate surface area is 80.5 Å². The minimum Gasteiger partial charge on any atom is -0.298 e. The molecule has 0 saturated heterocycles. The van der Waals surface area contributed by atoms with Crippen molar-refractivity contribution in [1.82, 2.24) is 19.8 Å². The van der Waals surface area contributed by atoms with Crippen molar-refractivity contribution in [2.75, 3.05) is 0 Å². The average molecular weight is 216 g/mol. The van der Waals surface area contributed by atoms with Crippen molar-refractivity contribution in [3.63, 3.8) is 0 Å². The summed E-state index contributed by atoms with van der Waals surface area (Å²) in [4.78, 5) is 13.8. The third kappa shape index (κ3) is 1.53. The molecule has 2 aromatic heterocycles. The topological polar surface area (TPSA) is 60.2 Å². The van der Waals surface area contributed by atoms with Gasteiger partial charge in [-0.2, -0.15) is 13.2 Å². The molecule has 78 valence electrons. The van der Waals surface area contributed by atoms with Gasteiger partial charge >= 0.3 is 6.18 Å². The van der Waals surface area contributed by atoms with Crippen LogP contribution in [0.5, 0.6) is 0 Å². The Morgan fingerprint density at radius 2 is 2.13 bits per heavy atom.